The van der Waals surface area contributed by atoms with Gasteiger partial charge in [0, 0.05) is 33.6 Å². The van der Waals surface area contributed by atoms with Crippen molar-refractivity contribution in [3.05, 3.63) is 35.9 Å². The lowest BCUT2D eigenvalue weighted by atomic mass is 9.94. The number of carboxylic acids is 1. The van der Waals surface area contributed by atoms with Crippen molar-refractivity contribution in [2.45, 2.75) is 63.4 Å². The zero-order valence-electron chi connectivity index (χ0n) is 19.2. The number of carboxylic acid groups (broad SMARTS) is 1. The molecule has 9 heteroatoms. The Labute approximate surface area is 189 Å². The summed E-state index contributed by atoms with van der Waals surface area (Å²) in [6.45, 7) is 3.75. The number of hydrogen-bond donors (Lipinski definition) is 2. The number of aryl methyl sites for hydroxylation is 1. The number of nitrogens with one attached hydrogen (secondary N) is 1. The number of carbonyl (C=O) groups is 3. The largest absolute Gasteiger partial charge is 0.480 e. The van der Waals surface area contributed by atoms with Crippen molar-refractivity contribution in [2.24, 2.45) is 0 Å². The van der Waals surface area contributed by atoms with Crippen molar-refractivity contribution < 1.29 is 33.7 Å². The minimum atomic E-state index is -1.13. The SMILES string of the molecule is CCOC(=O)C(CCc1ccccc1)N[C@@H](C)C(=O)N1CCC(OC)(OC)C[C@H]1C(=O)O. The zero-order valence-corrected chi connectivity index (χ0v) is 19.2. The van der Waals surface area contributed by atoms with Gasteiger partial charge in [0.15, 0.2) is 5.79 Å². The molecule has 1 amide bonds. The fourth-order valence-electron chi connectivity index (χ4n) is 3.98. The van der Waals surface area contributed by atoms with Gasteiger partial charge in [-0.25, -0.2) is 4.79 Å². The topological polar surface area (TPSA) is 114 Å². The highest BCUT2D eigenvalue weighted by atomic mass is 16.7. The summed E-state index contributed by atoms with van der Waals surface area (Å²) >= 11 is 0. The summed E-state index contributed by atoms with van der Waals surface area (Å²) in [6.07, 6.45) is 1.43. The molecule has 1 aromatic carbocycles. The van der Waals surface area contributed by atoms with Crippen LogP contribution in [-0.4, -0.2) is 79.1 Å². The Hall–Kier alpha value is -2.49. The first kappa shape index (κ1) is 25.8. The highest BCUT2D eigenvalue weighted by molar-refractivity contribution is 5.88. The first-order valence-corrected chi connectivity index (χ1v) is 10.9. The third kappa shape index (κ3) is 6.51. The number of carbonyl (C=O) groups excluding carboxylic acids is 2. The third-order valence-electron chi connectivity index (χ3n) is 5.88. The number of piperidine rings is 1. The van der Waals surface area contributed by atoms with Gasteiger partial charge in [0.25, 0.3) is 0 Å². The zero-order chi connectivity index (χ0) is 23.7. The van der Waals surface area contributed by atoms with E-state index in [1.54, 1.807) is 13.8 Å². The van der Waals surface area contributed by atoms with Gasteiger partial charge in [0.2, 0.25) is 5.91 Å². The molecule has 0 spiro atoms. The maximum Gasteiger partial charge on any atom is 0.326 e. The number of hydrogen-bond acceptors (Lipinski definition) is 7. The maximum atomic E-state index is 13.2. The van der Waals surface area contributed by atoms with Gasteiger partial charge in [0.1, 0.15) is 12.1 Å². The van der Waals surface area contributed by atoms with Crippen molar-refractivity contribution in [1.29, 1.82) is 0 Å². The van der Waals surface area contributed by atoms with Crippen LogP contribution in [-0.2, 0) is 35.0 Å². The van der Waals surface area contributed by atoms with E-state index in [1.807, 2.05) is 30.3 Å². The van der Waals surface area contributed by atoms with Gasteiger partial charge >= 0.3 is 11.9 Å². The fraction of sp³-hybridized carbons (Fsp3) is 0.609. The van der Waals surface area contributed by atoms with Crippen LogP contribution >= 0.6 is 0 Å². The van der Waals surface area contributed by atoms with Crippen LogP contribution in [0.3, 0.4) is 0 Å². The molecule has 0 saturated carbocycles. The molecule has 178 valence electrons. The van der Waals surface area contributed by atoms with Crippen LogP contribution in [0.5, 0.6) is 0 Å². The minimum absolute atomic E-state index is 0.0170. The van der Waals surface area contributed by atoms with E-state index in [-0.39, 0.29) is 19.6 Å². The number of amides is 1. The Morgan fingerprint density at radius 3 is 2.44 bits per heavy atom. The third-order valence-corrected chi connectivity index (χ3v) is 5.88. The van der Waals surface area contributed by atoms with Crippen molar-refractivity contribution in [1.82, 2.24) is 10.2 Å². The van der Waals surface area contributed by atoms with Gasteiger partial charge in [-0.1, -0.05) is 30.3 Å². The van der Waals surface area contributed by atoms with Crippen molar-refractivity contribution in [2.75, 3.05) is 27.4 Å². The Balaban J connectivity index is 2.09. The molecule has 3 atom stereocenters. The minimum Gasteiger partial charge on any atom is -0.480 e. The number of ether oxygens (including phenoxy) is 3. The maximum absolute atomic E-state index is 13.2. The van der Waals surface area contributed by atoms with Gasteiger partial charge in [-0.2, -0.15) is 0 Å². The van der Waals surface area contributed by atoms with Crippen LogP contribution in [0.2, 0.25) is 0 Å². The van der Waals surface area contributed by atoms with E-state index >= 15 is 0 Å². The summed E-state index contributed by atoms with van der Waals surface area (Å²) in [6, 6.07) is 7.15. The van der Waals surface area contributed by atoms with E-state index in [0.717, 1.165) is 5.56 Å². The normalized spacial score (nSPS) is 19.8. The number of likely N-dealkylation sites (tertiary alicyclic amines) is 1. The van der Waals surface area contributed by atoms with E-state index in [2.05, 4.69) is 5.32 Å². The summed E-state index contributed by atoms with van der Waals surface area (Å²) in [5.74, 6) is -3.00. The predicted octanol–water partition coefficient (Wildman–Crippen LogP) is 1.59. The standard InChI is InChI=1S/C23H34N2O7/c1-5-32-22(29)18(12-11-17-9-7-6-8-10-17)24-16(2)20(26)25-14-13-23(30-3,31-4)15-19(25)21(27)28/h6-10,16,18-19,24H,5,11-15H2,1-4H3,(H,27,28)/t16-,18?,19-/m0/s1. The Morgan fingerprint density at radius 1 is 1.22 bits per heavy atom. The number of methoxy groups -OCH3 is 2. The van der Waals surface area contributed by atoms with E-state index in [4.69, 9.17) is 14.2 Å². The molecule has 1 aliphatic rings. The Morgan fingerprint density at radius 2 is 1.88 bits per heavy atom. The number of esters is 1. The molecule has 32 heavy (non-hydrogen) atoms. The monoisotopic (exact) mass is 450 g/mol. The van der Waals surface area contributed by atoms with Crippen LogP contribution in [0, 0.1) is 0 Å². The summed E-state index contributed by atoms with van der Waals surface area (Å²) in [5, 5.41) is 12.8. The van der Waals surface area contributed by atoms with E-state index < -0.39 is 41.8 Å². The number of nitrogens with zero attached hydrogens (tertiary/aromatic N) is 1. The fourth-order valence-corrected chi connectivity index (χ4v) is 3.98. The quantitative estimate of drug-likeness (QED) is 0.386. The Kier molecular flexibility index (Phi) is 9.61. The average Bonchev–Trinajstić information content (AvgIpc) is 2.81. The predicted molar refractivity (Wildman–Crippen MR) is 117 cm³/mol. The summed E-state index contributed by atoms with van der Waals surface area (Å²) in [5.41, 5.74) is 1.07. The molecule has 1 heterocycles. The molecule has 0 aromatic heterocycles. The van der Waals surface area contributed by atoms with Crippen LogP contribution in [0.15, 0.2) is 30.3 Å². The molecule has 2 rings (SSSR count). The number of aliphatic carboxylic acids is 1. The smallest absolute Gasteiger partial charge is 0.326 e. The molecule has 1 saturated heterocycles. The Bertz CT molecular complexity index is 767. The van der Waals surface area contributed by atoms with Crippen LogP contribution < -0.4 is 5.32 Å². The molecule has 2 N–H and O–H groups in total. The number of rotatable bonds is 11. The molecule has 1 aliphatic heterocycles. The highest BCUT2D eigenvalue weighted by Gasteiger charge is 2.46. The van der Waals surface area contributed by atoms with Crippen LogP contribution in [0.1, 0.15) is 38.7 Å². The first-order valence-electron chi connectivity index (χ1n) is 10.9. The van der Waals surface area contributed by atoms with Gasteiger partial charge in [-0.3, -0.25) is 14.9 Å². The molecule has 0 radical (unpaired) electrons. The van der Waals surface area contributed by atoms with Gasteiger partial charge in [-0.15, -0.1) is 0 Å². The van der Waals surface area contributed by atoms with E-state index in [1.165, 1.54) is 19.1 Å². The molecular formula is C23H34N2O7. The van der Waals surface area contributed by atoms with Crippen LogP contribution in [0.25, 0.3) is 0 Å². The lowest BCUT2D eigenvalue weighted by Crippen LogP contribution is -2.61. The summed E-state index contributed by atoms with van der Waals surface area (Å²) < 4.78 is 16.0. The van der Waals surface area contributed by atoms with Gasteiger partial charge in [-0.05, 0) is 32.3 Å². The average molecular weight is 451 g/mol. The number of benzene rings is 1. The molecular weight excluding hydrogens is 416 g/mol. The molecule has 0 bridgehead atoms. The molecule has 0 aliphatic carbocycles. The molecule has 1 fully saturated rings. The second-order valence-electron chi connectivity index (χ2n) is 7.88. The summed E-state index contributed by atoms with van der Waals surface area (Å²) in [7, 11) is 2.92. The van der Waals surface area contributed by atoms with E-state index in [9.17, 15) is 19.5 Å². The second-order valence-corrected chi connectivity index (χ2v) is 7.88. The summed E-state index contributed by atoms with van der Waals surface area (Å²) in [4.78, 5) is 38.9. The van der Waals surface area contributed by atoms with Crippen LogP contribution in [0.4, 0.5) is 0 Å². The molecule has 1 unspecified atom stereocenters. The molecule has 9 nitrogen and oxygen atoms in total. The highest BCUT2D eigenvalue weighted by Crippen LogP contribution is 2.31. The lowest BCUT2D eigenvalue weighted by Gasteiger charge is -2.44. The van der Waals surface area contributed by atoms with Gasteiger partial charge in [0.05, 0.1) is 12.6 Å². The van der Waals surface area contributed by atoms with Crippen molar-refractivity contribution in [3.63, 3.8) is 0 Å². The lowest BCUT2D eigenvalue weighted by molar-refractivity contribution is -0.239. The second kappa shape index (κ2) is 11.9. The van der Waals surface area contributed by atoms with Crippen molar-refractivity contribution >= 4 is 17.8 Å². The van der Waals surface area contributed by atoms with E-state index in [0.29, 0.717) is 19.3 Å². The molecule has 1 aromatic rings. The first-order chi connectivity index (χ1) is 15.3. The van der Waals surface area contributed by atoms with Crippen molar-refractivity contribution in [3.8, 4) is 0 Å². The van der Waals surface area contributed by atoms with Gasteiger partial charge < -0.3 is 24.2 Å².